The zero-order valence-corrected chi connectivity index (χ0v) is 14.6. The van der Waals surface area contributed by atoms with Crippen molar-refractivity contribution in [3.63, 3.8) is 0 Å². The van der Waals surface area contributed by atoms with Crippen LogP contribution in [-0.4, -0.2) is 26.7 Å². The molecule has 0 spiro atoms. The summed E-state index contributed by atoms with van der Waals surface area (Å²) in [5, 5.41) is 8.49. The molecule has 0 aliphatic heterocycles. The van der Waals surface area contributed by atoms with E-state index >= 15 is 0 Å². The van der Waals surface area contributed by atoms with E-state index in [1.807, 2.05) is 0 Å². The molecule has 1 aromatic carbocycles. The van der Waals surface area contributed by atoms with Crippen LogP contribution in [0.15, 0.2) is 41.5 Å². The summed E-state index contributed by atoms with van der Waals surface area (Å²) in [6.07, 6.45) is 8.42. The second-order valence-electron chi connectivity index (χ2n) is 5.07. The van der Waals surface area contributed by atoms with E-state index < -0.39 is 0 Å². The van der Waals surface area contributed by atoms with E-state index in [9.17, 15) is 4.79 Å². The van der Waals surface area contributed by atoms with Crippen LogP contribution in [0.3, 0.4) is 0 Å². The van der Waals surface area contributed by atoms with Crippen molar-refractivity contribution in [3.8, 4) is 34.9 Å². The molecule has 0 saturated carbocycles. The summed E-state index contributed by atoms with van der Waals surface area (Å²) in [7, 11) is 1.51. The molecule has 0 aliphatic carbocycles. The van der Waals surface area contributed by atoms with Crippen molar-refractivity contribution in [2.24, 2.45) is 0 Å². The summed E-state index contributed by atoms with van der Waals surface area (Å²) in [6.45, 7) is 0.149. The highest BCUT2D eigenvalue weighted by Crippen LogP contribution is 2.34. The maximum atomic E-state index is 12.3. The molecular formula is C17H12Cl2N4O2. The van der Waals surface area contributed by atoms with Crippen LogP contribution in [0.4, 0.5) is 0 Å². The first-order chi connectivity index (χ1) is 12.0. The number of nitrogens with zero attached hydrogens (tertiary/aromatic N) is 4. The Morgan fingerprint density at radius 2 is 2.04 bits per heavy atom. The number of halogens is 2. The molecule has 25 heavy (non-hydrogen) atoms. The minimum absolute atomic E-state index is 0.149. The second-order valence-corrected chi connectivity index (χ2v) is 5.90. The molecule has 0 atom stereocenters. The average Bonchev–Trinajstić information content (AvgIpc) is 3.02. The molecule has 6 nitrogen and oxygen atoms in total. The van der Waals surface area contributed by atoms with Crippen LogP contribution in [0.5, 0.6) is 5.75 Å². The van der Waals surface area contributed by atoms with E-state index in [1.54, 1.807) is 30.6 Å². The van der Waals surface area contributed by atoms with Crippen LogP contribution in [0.2, 0.25) is 10.2 Å². The van der Waals surface area contributed by atoms with Gasteiger partial charge in [0.1, 0.15) is 5.75 Å². The first kappa shape index (κ1) is 17.1. The van der Waals surface area contributed by atoms with Gasteiger partial charge in [-0.1, -0.05) is 34.3 Å². The number of benzene rings is 1. The maximum absolute atomic E-state index is 12.3. The van der Waals surface area contributed by atoms with Gasteiger partial charge >= 0.3 is 0 Å². The molecule has 3 aromatic rings. The van der Waals surface area contributed by atoms with Crippen molar-refractivity contribution in [1.82, 2.24) is 19.6 Å². The van der Waals surface area contributed by atoms with Gasteiger partial charge in [-0.3, -0.25) is 4.79 Å². The van der Waals surface area contributed by atoms with Gasteiger partial charge < -0.3 is 9.30 Å². The van der Waals surface area contributed by atoms with E-state index in [4.69, 9.17) is 34.4 Å². The van der Waals surface area contributed by atoms with Gasteiger partial charge in [0.15, 0.2) is 5.15 Å². The van der Waals surface area contributed by atoms with Crippen molar-refractivity contribution in [2.75, 3.05) is 7.11 Å². The zero-order valence-electron chi connectivity index (χ0n) is 13.1. The third-order valence-corrected chi connectivity index (χ3v) is 3.94. The molecule has 0 amide bonds. The lowest BCUT2D eigenvalue weighted by atomic mass is 10.0. The van der Waals surface area contributed by atoms with Gasteiger partial charge in [-0.15, -0.1) is 11.5 Å². The third-order valence-electron chi connectivity index (χ3n) is 3.53. The molecule has 0 bridgehead atoms. The number of rotatable bonds is 4. The summed E-state index contributed by atoms with van der Waals surface area (Å²) in [5.74, 6) is 2.91. The van der Waals surface area contributed by atoms with E-state index in [0.29, 0.717) is 27.6 Å². The van der Waals surface area contributed by atoms with E-state index in [0.717, 1.165) is 0 Å². The molecule has 0 radical (unpaired) electrons. The Morgan fingerprint density at radius 3 is 2.68 bits per heavy atom. The topological polar surface area (TPSA) is 61.9 Å². The number of hydrogen-bond donors (Lipinski definition) is 0. The third kappa shape index (κ3) is 3.38. The minimum Gasteiger partial charge on any atom is -0.495 e. The van der Waals surface area contributed by atoms with Crippen molar-refractivity contribution < 1.29 is 4.74 Å². The monoisotopic (exact) mass is 374 g/mol. The Kier molecular flexibility index (Phi) is 4.79. The first-order valence-electron chi connectivity index (χ1n) is 7.13. The van der Waals surface area contributed by atoms with Crippen molar-refractivity contribution in [2.45, 2.75) is 6.54 Å². The molecule has 8 heteroatoms. The van der Waals surface area contributed by atoms with Gasteiger partial charge in [0.05, 0.1) is 31.7 Å². The van der Waals surface area contributed by atoms with Gasteiger partial charge in [-0.2, -0.15) is 0 Å². The highest BCUT2D eigenvalue weighted by molar-refractivity contribution is 6.31. The quantitative estimate of drug-likeness (QED) is 0.658. The predicted molar refractivity (Wildman–Crippen MR) is 96.5 cm³/mol. The van der Waals surface area contributed by atoms with Crippen LogP contribution in [-0.2, 0) is 6.54 Å². The summed E-state index contributed by atoms with van der Waals surface area (Å²) < 4.78 is 8.32. The molecule has 3 rings (SSSR count). The Hall–Kier alpha value is -2.75. The number of methoxy groups -OCH3 is 1. The van der Waals surface area contributed by atoms with Crippen molar-refractivity contribution >= 4 is 23.2 Å². The Morgan fingerprint density at radius 1 is 1.24 bits per heavy atom. The number of aromatic nitrogens is 4. The van der Waals surface area contributed by atoms with Gasteiger partial charge in [0.2, 0.25) is 0 Å². The highest BCUT2D eigenvalue weighted by Gasteiger charge is 2.16. The molecule has 126 valence electrons. The Balaban J connectivity index is 2.26. The SMILES string of the molecule is C#CCn1cc(OC)c(-c2cc(Cl)ccc2-n2cc(Cl)nn2)cc1=O. The summed E-state index contributed by atoms with van der Waals surface area (Å²) in [6, 6.07) is 6.64. The number of hydrogen-bond acceptors (Lipinski definition) is 4. The molecule has 0 fully saturated rings. The number of ether oxygens (including phenoxy) is 1. The standard InChI is InChI=1S/C17H12Cl2N4O2/c1-3-6-22-9-15(25-2)13(8-17(22)24)12-7-11(18)4-5-14(12)23-10-16(19)20-21-23/h1,4-5,7-10H,6H2,2H3. The fraction of sp³-hybridized carbons (Fsp3) is 0.118. The molecule has 0 saturated heterocycles. The van der Waals surface area contributed by atoms with Crippen LogP contribution in [0, 0.1) is 12.3 Å². The van der Waals surface area contributed by atoms with Gasteiger partial charge in [0.25, 0.3) is 5.56 Å². The summed E-state index contributed by atoms with van der Waals surface area (Å²) in [5.41, 5.74) is 1.60. The Labute approximate surface area is 153 Å². The lowest BCUT2D eigenvalue weighted by Gasteiger charge is -2.14. The first-order valence-corrected chi connectivity index (χ1v) is 7.89. The van der Waals surface area contributed by atoms with Crippen LogP contribution >= 0.6 is 23.2 Å². The molecular weight excluding hydrogens is 363 g/mol. The van der Waals surface area contributed by atoms with E-state index in [-0.39, 0.29) is 17.3 Å². The van der Waals surface area contributed by atoms with Crippen molar-refractivity contribution in [1.29, 1.82) is 0 Å². The summed E-state index contributed by atoms with van der Waals surface area (Å²) >= 11 is 12.0. The fourth-order valence-electron chi connectivity index (χ4n) is 2.43. The second kappa shape index (κ2) is 7.01. The molecule has 2 heterocycles. The molecule has 2 aromatic heterocycles. The van der Waals surface area contributed by atoms with Crippen LogP contribution in [0.25, 0.3) is 16.8 Å². The van der Waals surface area contributed by atoms with E-state index in [1.165, 1.54) is 22.4 Å². The smallest absolute Gasteiger partial charge is 0.252 e. The molecule has 0 unspecified atom stereocenters. The number of pyridine rings is 1. The predicted octanol–water partition coefficient (Wildman–Crippen LogP) is 3.04. The average molecular weight is 375 g/mol. The number of terminal acetylenes is 1. The Bertz CT molecular complexity index is 1030. The fourth-order valence-corrected chi connectivity index (χ4v) is 2.73. The molecule has 0 N–H and O–H groups in total. The highest BCUT2D eigenvalue weighted by atomic mass is 35.5. The lowest BCUT2D eigenvalue weighted by molar-refractivity contribution is 0.411. The van der Waals surface area contributed by atoms with E-state index in [2.05, 4.69) is 16.2 Å². The van der Waals surface area contributed by atoms with Gasteiger partial charge in [-0.25, -0.2) is 4.68 Å². The summed E-state index contributed by atoms with van der Waals surface area (Å²) in [4.78, 5) is 12.3. The van der Waals surface area contributed by atoms with Gasteiger partial charge in [-0.05, 0) is 18.2 Å². The lowest BCUT2D eigenvalue weighted by Crippen LogP contribution is -2.19. The van der Waals surface area contributed by atoms with Crippen LogP contribution < -0.4 is 10.3 Å². The van der Waals surface area contributed by atoms with Crippen molar-refractivity contribution in [3.05, 3.63) is 57.2 Å². The largest absolute Gasteiger partial charge is 0.495 e. The van der Waals surface area contributed by atoms with Crippen LogP contribution in [0.1, 0.15) is 0 Å². The van der Waals surface area contributed by atoms with Gasteiger partial charge in [0, 0.05) is 22.2 Å². The zero-order chi connectivity index (χ0) is 18.0. The normalized spacial score (nSPS) is 10.5. The maximum Gasteiger partial charge on any atom is 0.252 e. The minimum atomic E-state index is -0.253. The molecule has 0 aliphatic rings.